The summed E-state index contributed by atoms with van der Waals surface area (Å²) in [6.07, 6.45) is 2.33. The quantitative estimate of drug-likeness (QED) is 0.251. The van der Waals surface area contributed by atoms with Gasteiger partial charge in [0, 0.05) is 16.5 Å². The van der Waals surface area contributed by atoms with E-state index >= 15 is 0 Å². The zero-order valence-electron chi connectivity index (χ0n) is 12.2. The molecular weight excluding hydrogens is 294 g/mol. The van der Waals surface area contributed by atoms with Crippen molar-refractivity contribution in [1.29, 1.82) is 5.41 Å². The molecule has 0 aliphatic rings. The molecule has 0 spiro atoms. The van der Waals surface area contributed by atoms with E-state index in [9.17, 15) is 10.1 Å². The Labute approximate surface area is 128 Å². The minimum absolute atomic E-state index is 0.133. The summed E-state index contributed by atoms with van der Waals surface area (Å²) >= 11 is 5.73. The van der Waals surface area contributed by atoms with E-state index in [2.05, 4.69) is 0 Å². The molecule has 21 heavy (non-hydrogen) atoms. The first kappa shape index (κ1) is 17.2. The van der Waals surface area contributed by atoms with E-state index in [4.69, 9.17) is 27.5 Å². The molecule has 0 aliphatic carbocycles. The Morgan fingerprint density at radius 3 is 2.71 bits per heavy atom. The van der Waals surface area contributed by atoms with Gasteiger partial charge < -0.3 is 10.5 Å². The van der Waals surface area contributed by atoms with E-state index in [0.29, 0.717) is 11.6 Å². The van der Waals surface area contributed by atoms with Crippen LogP contribution >= 0.6 is 11.6 Å². The standard InChI is InChI=1S/C14H20ClN3O3/c1-14(2,13(16)17)7-3-4-8-21-12-6-5-10(15)9-11(12)18(19)20/h5-6,9H,3-4,7-8H2,1-2H3,(H3,16,17). The van der Waals surface area contributed by atoms with E-state index in [-0.39, 0.29) is 22.7 Å². The Morgan fingerprint density at radius 1 is 1.48 bits per heavy atom. The van der Waals surface area contributed by atoms with Crippen LogP contribution in [0.25, 0.3) is 0 Å². The lowest BCUT2D eigenvalue weighted by molar-refractivity contribution is -0.385. The number of nitrogens with zero attached hydrogens (tertiary/aromatic N) is 1. The van der Waals surface area contributed by atoms with Gasteiger partial charge in [-0.3, -0.25) is 15.5 Å². The summed E-state index contributed by atoms with van der Waals surface area (Å²) in [5, 5.41) is 18.7. The van der Waals surface area contributed by atoms with Gasteiger partial charge in [-0.15, -0.1) is 0 Å². The van der Waals surface area contributed by atoms with Gasteiger partial charge in [0.15, 0.2) is 5.75 Å². The second-order valence-corrected chi connectivity index (χ2v) is 5.91. The number of hydrogen-bond acceptors (Lipinski definition) is 4. The van der Waals surface area contributed by atoms with Crippen molar-refractivity contribution in [2.75, 3.05) is 6.61 Å². The highest BCUT2D eigenvalue weighted by Crippen LogP contribution is 2.30. The van der Waals surface area contributed by atoms with E-state index in [0.717, 1.165) is 19.3 Å². The van der Waals surface area contributed by atoms with Gasteiger partial charge in [0.2, 0.25) is 0 Å². The highest BCUT2D eigenvalue weighted by molar-refractivity contribution is 6.30. The molecule has 7 heteroatoms. The van der Waals surface area contributed by atoms with E-state index in [1.807, 2.05) is 13.8 Å². The van der Waals surface area contributed by atoms with Crippen LogP contribution in [0.5, 0.6) is 5.75 Å². The fourth-order valence-corrected chi connectivity index (χ4v) is 1.91. The highest BCUT2D eigenvalue weighted by Gasteiger charge is 2.21. The number of hydrogen-bond donors (Lipinski definition) is 2. The molecule has 1 aromatic rings. The topological polar surface area (TPSA) is 102 Å². The Balaban J connectivity index is 2.47. The molecule has 0 radical (unpaired) electrons. The van der Waals surface area contributed by atoms with Crippen LogP contribution in [0.2, 0.25) is 5.02 Å². The first-order valence-corrected chi connectivity index (χ1v) is 7.03. The zero-order valence-corrected chi connectivity index (χ0v) is 12.9. The van der Waals surface area contributed by atoms with Crippen molar-refractivity contribution < 1.29 is 9.66 Å². The predicted molar refractivity (Wildman–Crippen MR) is 83.1 cm³/mol. The van der Waals surface area contributed by atoms with Gasteiger partial charge in [-0.05, 0) is 31.4 Å². The number of halogens is 1. The van der Waals surface area contributed by atoms with Crippen molar-refractivity contribution in [3.05, 3.63) is 33.3 Å². The summed E-state index contributed by atoms with van der Waals surface area (Å²) in [5.74, 6) is 0.381. The fourth-order valence-electron chi connectivity index (χ4n) is 1.74. The maximum atomic E-state index is 10.9. The number of nitro benzene ring substituents is 1. The molecule has 1 rings (SSSR count). The third-order valence-corrected chi connectivity index (χ3v) is 3.54. The predicted octanol–water partition coefficient (Wildman–Crippen LogP) is 3.76. The second-order valence-electron chi connectivity index (χ2n) is 5.47. The van der Waals surface area contributed by atoms with Crippen LogP contribution in [0.1, 0.15) is 33.1 Å². The van der Waals surface area contributed by atoms with Gasteiger partial charge >= 0.3 is 5.69 Å². The van der Waals surface area contributed by atoms with Gasteiger partial charge in [-0.2, -0.15) is 0 Å². The van der Waals surface area contributed by atoms with Gasteiger partial charge in [0.1, 0.15) is 0 Å². The fraction of sp³-hybridized carbons (Fsp3) is 0.500. The molecular formula is C14H20ClN3O3. The molecule has 0 fully saturated rings. The number of nitrogens with two attached hydrogens (primary N) is 1. The molecule has 0 amide bonds. The third kappa shape index (κ3) is 5.23. The molecule has 3 N–H and O–H groups in total. The lowest BCUT2D eigenvalue weighted by Crippen LogP contribution is -2.30. The Hall–Kier alpha value is -1.82. The lowest BCUT2D eigenvalue weighted by atomic mass is 9.86. The molecule has 6 nitrogen and oxygen atoms in total. The number of nitrogens with one attached hydrogen (secondary N) is 1. The Morgan fingerprint density at radius 2 is 2.14 bits per heavy atom. The minimum Gasteiger partial charge on any atom is -0.487 e. The summed E-state index contributed by atoms with van der Waals surface area (Å²) in [6, 6.07) is 4.33. The molecule has 0 bridgehead atoms. The normalized spacial score (nSPS) is 11.2. The summed E-state index contributed by atoms with van der Waals surface area (Å²) in [6.45, 7) is 4.21. The van der Waals surface area contributed by atoms with Crippen LogP contribution in [0.4, 0.5) is 5.69 Å². The monoisotopic (exact) mass is 313 g/mol. The van der Waals surface area contributed by atoms with Crippen molar-refractivity contribution in [2.45, 2.75) is 33.1 Å². The number of benzene rings is 1. The summed E-state index contributed by atoms with van der Waals surface area (Å²) in [4.78, 5) is 10.4. The summed E-state index contributed by atoms with van der Waals surface area (Å²) in [7, 11) is 0. The molecule has 0 atom stereocenters. The SMILES string of the molecule is CC(C)(CCCCOc1ccc(Cl)cc1[N+](=O)[O-])C(=N)N. The van der Waals surface area contributed by atoms with Gasteiger partial charge in [-0.1, -0.05) is 25.4 Å². The van der Waals surface area contributed by atoms with Crippen LogP contribution in [-0.2, 0) is 0 Å². The van der Waals surface area contributed by atoms with Crippen molar-refractivity contribution in [3.8, 4) is 5.75 Å². The van der Waals surface area contributed by atoms with E-state index in [1.165, 1.54) is 12.1 Å². The first-order valence-electron chi connectivity index (χ1n) is 6.65. The summed E-state index contributed by atoms with van der Waals surface area (Å²) in [5.41, 5.74) is 5.05. The minimum atomic E-state index is -0.514. The Bertz CT molecular complexity index is 532. The van der Waals surface area contributed by atoms with Crippen LogP contribution in [0.15, 0.2) is 18.2 Å². The Kier molecular flexibility index (Phi) is 5.96. The van der Waals surface area contributed by atoms with Crippen LogP contribution in [-0.4, -0.2) is 17.4 Å². The van der Waals surface area contributed by atoms with E-state index < -0.39 is 4.92 Å². The third-order valence-electron chi connectivity index (χ3n) is 3.30. The van der Waals surface area contributed by atoms with E-state index in [1.54, 1.807) is 6.07 Å². The molecule has 1 aromatic carbocycles. The van der Waals surface area contributed by atoms with Gasteiger partial charge in [0.25, 0.3) is 0 Å². The van der Waals surface area contributed by atoms with Crippen molar-refractivity contribution >= 4 is 23.1 Å². The smallest absolute Gasteiger partial charge is 0.312 e. The number of unbranched alkanes of at least 4 members (excludes halogenated alkanes) is 1. The molecule has 0 unspecified atom stereocenters. The zero-order chi connectivity index (χ0) is 16.0. The molecule has 116 valence electrons. The number of ether oxygens (including phenoxy) is 1. The second kappa shape index (κ2) is 7.26. The molecule has 0 heterocycles. The maximum absolute atomic E-state index is 10.9. The summed E-state index contributed by atoms with van der Waals surface area (Å²) < 4.78 is 5.44. The lowest BCUT2D eigenvalue weighted by Gasteiger charge is -2.22. The maximum Gasteiger partial charge on any atom is 0.312 e. The number of nitro groups is 1. The average Bonchev–Trinajstić information content (AvgIpc) is 2.39. The average molecular weight is 314 g/mol. The highest BCUT2D eigenvalue weighted by atomic mass is 35.5. The molecule has 0 aromatic heterocycles. The number of amidine groups is 1. The van der Waals surface area contributed by atoms with Crippen LogP contribution in [0.3, 0.4) is 0 Å². The van der Waals surface area contributed by atoms with Gasteiger partial charge in [-0.25, -0.2) is 0 Å². The first-order chi connectivity index (χ1) is 9.74. The van der Waals surface area contributed by atoms with Gasteiger partial charge in [0.05, 0.1) is 17.4 Å². The van der Waals surface area contributed by atoms with Crippen molar-refractivity contribution in [1.82, 2.24) is 0 Å². The molecule has 0 aliphatic heterocycles. The largest absolute Gasteiger partial charge is 0.487 e. The van der Waals surface area contributed by atoms with Crippen molar-refractivity contribution in [2.24, 2.45) is 11.1 Å². The van der Waals surface area contributed by atoms with Crippen LogP contribution in [0, 0.1) is 20.9 Å². The van der Waals surface area contributed by atoms with Crippen LogP contribution < -0.4 is 10.5 Å². The number of rotatable bonds is 8. The van der Waals surface area contributed by atoms with Crippen molar-refractivity contribution in [3.63, 3.8) is 0 Å². The molecule has 0 saturated carbocycles. The molecule has 0 saturated heterocycles.